The van der Waals surface area contributed by atoms with Crippen LogP contribution in [0.4, 0.5) is 5.95 Å². The minimum atomic E-state index is -0.168. The molecule has 0 aliphatic rings. The van der Waals surface area contributed by atoms with Crippen LogP contribution in [0.5, 0.6) is 0 Å². The number of anilines is 1. The molecule has 2 heterocycles. The third-order valence-corrected chi connectivity index (χ3v) is 4.61. The van der Waals surface area contributed by atoms with Crippen LogP contribution in [-0.2, 0) is 6.42 Å². The summed E-state index contributed by atoms with van der Waals surface area (Å²) in [5.41, 5.74) is 2.17. The zero-order chi connectivity index (χ0) is 16.2. The topological polar surface area (TPSA) is 70.7 Å². The number of aryl methyl sites for hydroxylation is 2. The Labute approximate surface area is 138 Å². The van der Waals surface area contributed by atoms with Crippen LogP contribution in [-0.4, -0.2) is 21.1 Å². The molecular weight excluding hydrogens is 308 g/mol. The molecule has 0 radical (unpaired) electrons. The third-order valence-electron chi connectivity index (χ3n) is 3.52. The molecule has 0 bridgehead atoms. The van der Waals surface area contributed by atoms with Crippen molar-refractivity contribution in [3.8, 4) is 11.4 Å². The van der Waals surface area contributed by atoms with E-state index in [4.69, 9.17) is 0 Å². The lowest BCUT2D eigenvalue weighted by Crippen LogP contribution is -2.11. The van der Waals surface area contributed by atoms with Crippen molar-refractivity contribution in [2.24, 2.45) is 0 Å². The molecule has 6 heteroatoms. The van der Waals surface area contributed by atoms with E-state index < -0.39 is 0 Å². The van der Waals surface area contributed by atoms with Gasteiger partial charge in [-0.15, -0.1) is 16.4 Å². The Morgan fingerprint density at radius 1 is 1.30 bits per heavy atom. The summed E-state index contributed by atoms with van der Waals surface area (Å²) in [5, 5.41) is 9.65. The van der Waals surface area contributed by atoms with Crippen LogP contribution in [0, 0.1) is 6.92 Å². The van der Waals surface area contributed by atoms with Gasteiger partial charge in [0.2, 0.25) is 5.95 Å². The van der Waals surface area contributed by atoms with Gasteiger partial charge >= 0.3 is 0 Å². The lowest BCUT2D eigenvalue weighted by atomic mass is 10.1. The molecule has 1 amide bonds. The van der Waals surface area contributed by atoms with Crippen molar-refractivity contribution >= 4 is 23.2 Å². The standard InChI is InChI=1S/C17H18N4OS/c1-3-7-13-10-14(23-11(13)2)16(22)19-17-18-15(20-21-17)12-8-5-4-6-9-12/h4-6,8-10H,3,7H2,1-2H3,(H2,18,19,20,21,22). The number of carbonyl (C=O) groups is 1. The maximum atomic E-state index is 12.3. The molecule has 23 heavy (non-hydrogen) atoms. The molecule has 118 valence electrons. The summed E-state index contributed by atoms with van der Waals surface area (Å²) in [4.78, 5) is 18.5. The number of hydrogen-bond acceptors (Lipinski definition) is 4. The molecule has 0 aliphatic heterocycles. The predicted molar refractivity (Wildman–Crippen MR) is 92.8 cm³/mol. The van der Waals surface area contributed by atoms with E-state index >= 15 is 0 Å². The summed E-state index contributed by atoms with van der Waals surface area (Å²) in [6.45, 7) is 4.18. The van der Waals surface area contributed by atoms with E-state index in [-0.39, 0.29) is 11.9 Å². The van der Waals surface area contributed by atoms with Crippen molar-refractivity contribution in [1.82, 2.24) is 15.2 Å². The van der Waals surface area contributed by atoms with Gasteiger partial charge in [0.25, 0.3) is 5.91 Å². The van der Waals surface area contributed by atoms with Gasteiger partial charge in [-0.25, -0.2) is 0 Å². The molecule has 5 nitrogen and oxygen atoms in total. The third kappa shape index (κ3) is 3.48. The normalized spacial score (nSPS) is 10.7. The highest BCUT2D eigenvalue weighted by Gasteiger charge is 2.14. The van der Waals surface area contributed by atoms with Crippen LogP contribution in [0.3, 0.4) is 0 Å². The Bertz CT molecular complexity index is 807. The van der Waals surface area contributed by atoms with Crippen molar-refractivity contribution in [1.29, 1.82) is 0 Å². The van der Waals surface area contributed by atoms with E-state index in [1.165, 1.54) is 21.8 Å². The number of thiophene rings is 1. The second-order valence-corrected chi connectivity index (χ2v) is 6.53. The predicted octanol–water partition coefficient (Wildman–Crippen LogP) is 4.05. The van der Waals surface area contributed by atoms with E-state index in [0.29, 0.717) is 10.7 Å². The number of hydrogen-bond donors (Lipinski definition) is 2. The van der Waals surface area contributed by atoms with Crippen molar-refractivity contribution in [3.63, 3.8) is 0 Å². The molecule has 0 unspecified atom stereocenters. The maximum absolute atomic E-state index is 12.3. The van der Waals surface area contributed by atoms with Gasteiger partial charge in [0.1, 0.15) is 0 Å². The highest BCUT2D eigenvalue weighted by molar-refractivity contribution is 7.14. The Hall–Kier alpha value is -2.47. The number of benzene rings is 1. The molecular formula is C17H18N4OS. The second kappa shape index (κ2) is 6.75. The summed E-state index contributed by atoms with van der Waals surface area (Å²) < 4.78 is 0. The number of carbonyl (C=O) groups excluding carboxylic acids is 1. The van der Waals surface area contributed by atoms with Crippen LogP contribution in [0.2, 0.25) is 0 Å². The highest BCUT2D eigenvalue weighted by Crippen LogP contribution is 2.23. The smallest absolute Gasteiger partial charge is 0.268 e. The number of amides is 1. The molecule has 0 saturated carbocycles. The van der Waals surface area contributed by atoms with E-state index in [1.807, 2.05) is 43.3 Å². The number of nitrogens with zero attached hydrogens (tertiary/aromatic N) is 2. The SMILES string of the molecule is CCCc1cc(C(=O)Nc2n[nH]c(-c3ccccc3)n2)sc1C. The van der Waals surface area contributed by atoms with Gasteiger partial charge in [-0.2, -0.15) is 4.98 Å². The van der Waals surface area contributed by atoms with Crippen molar-refractivity contribution in [2.75, 3.05) is 5.32 Å². The highest BCUT2D eigenvalue weighted by atomic mass is 32.1. The number of aromatic nitrogens is 3. The van der Waals surface area contributed by atoms with Gasteiger partial charge in [0.05, 0.1) is 4.88 Å². The molecule has 2 N–H and O–H groups in total. The fourth-order valence-electron chi connectivity index (χ4n) is 2.36. The Kier molecular flexibility index (Phi) is 4.52. The van der Waals surface area contributed by atoms with Gasteiger partial charge in [0.15, 0.2) is 5.82 Å². The first-order valence-electron chi connectivity index (χ1n) is 7.56. The van der Waals surface area contributed by atoms with Crippen LogP contribution < -0.4 is 5.32 Å². The van der Waals surface area contributed by atoms with E-state index in [0.717, 1.165) is 18.4 Å². The van der Waals surface area contributed by atoms with Crippen molar-refractivity contribution in [3.05, 3.63) is 51.7 Å². The lowest BCUT2D eigenvalue weighted by Gasteiger charge is -1.97. The second-order valence-electron chi connectivity index (χ2n) is 5.27. The first-order chi connectivity index (χ1) is 11.2. The molecule has 3 rings (SSSR count). The number of rotatable bonds is 5. The molecule has 0 spiro atoms. The fourth-order valence-corrected chi connectivity index (χ4v) is 3.32. The number of nitrogens with one attached hydrogen (secondary N) is 2. The average molecular weight is 326 g/mol. The molecule has 0 aliphatic carbocycles. The zero-order valence-corrected chi connectivity index (χ0v) is 13.9. The average Bonchev–Trinajstić information content (AvgIpc) is 3.16. The monoisotopic (exact) mass is 326 g/mol. The number of aromatic amines is 1. The summed E-state index contributed by atoms with van der Waals surface area (Å²) in [6, 6.07) is 11.6. The summed E-state index contributed by atoms with van der Waals surface area (Å²) in [6.07, 6.45) is 2.06. The largest absolute Gasteiger partial charge is 0.288 e. The molecule has 1 aromatic carbocycles. The Morgan fingerprint density at radius 3 is 2.83 bits per heavy atom. The maximum Gasteiger partial charge on any atom is 0.268 e. The molecule has 0 atom stereocenters. The number of H-pyrrole nitrogens is 1. The van der Waals surface area contributed by atoms with Crippen molar-refractivity contribution < 1.29 is 4.79 Å². The van der Waals surface area contributed by atoms with Crippen LogP contribution in [0.15, 0.2) is 36.4 Å². The first-order valence-corrected chi connectivity index (χ1v) is 8.37. The first kappa shape index (κ1) is 15.4. The molecule has 0 fully saturated rings. The van der Waals surface area contributed by atoms with Gasteiger partial charge in [-0.05, 0) is 25.0 Å². The fraction of sp³-hybridized carbons (Fsp3) is 0.235. The van der Waals surface area contributed by atoms with E-state index in [2.05, 4.69) is 27.4 Å². The van der Waals surface area contributed by atoms with Crippen LogP contribution in [0.1, 0.15) is 33.5 Å². The molecule has 2 aromatic heterocycles. The lowest BCUT2D eigenvalue weighted by molar-refractivity contribution is 0.102. The van der Waals surface area contributed by atoms with Crippen LogP contribution in [0.25, 0.3) is 11.4 Å². The molecule has 0 saturated heterocycles. The molecule has 3 aromatic rings. The van der Waals surface area contributed by atoms with E-state index in [9.17, 15) is 4.79 Å². The summed E-state index contributed by atoms with van der Waals surface area (Å²) >= 11 is 1.51. The minimum absolute atomic E-state index is 0.168. The summed E-state index contributed by atoms with van der Waals surface area (Å²) in [5.74, 6) is 0.756. The summed E-state index contributed by atoms with van der Waals surface area (Å²) in [7, 11) is 0. The zero-order valence-electron chi connectivity index (χ0n) is 13.1. The quantitative estimate of drug-likeness (QED) is 0.743. The Morgan fingerprint density at radius 2 is 2.09 bits per heavy atom. The van der Waals surface area contributed by atoms with Gasteiger partial charge in [-0.3, -0.25) is 15.2 Å². The minimum Gasteiger partial charge on any atom is -0.288 e. The van der Waals surface area contributed by atoms with Crippen LogP contribution >= 0.6 is 11.3 Å². The van der Waals surface area contributed by atoms with Gasteiger partial charge < -0.3 is 0 Å². The van der Waals surface area contributed by atoms with Gasteiger partial charge in [-0.1, -0.05) is 43.7 Å². The Balaban J connectivity index is 1.73. The van der Waals surface area contributed by atoms with Gasteiger partial charge in [0, 0.05) is 10.4 Å². The van der Waals surface area contributed by atoms with E-state index in [1.54, 1.807) is 0 Å². The van der Waals surface area contributed by atoms with Crippen molar-refractivity contribution in [2.45, 2.75) is 26.7 Å².